The van der Waals surface area contributed by atoms with E-state index in [-0.39, 0.29) is 11.9 Å². The number of fused-ring (bicyclic) bond motifs is 1. The summed E-state index contributed by atoms with van der Waals surface area (Å²) in [5.41, 5.74) is 9.70. The van der Waals surface area contributed by atoms with Crippen molar-refractivity contribution in [1.82, 2.24) is 10.2 Å². The highest BCUT2D eigenvalue weighted by molar-refractivity contribution is 6.01. The normalized spacial score (nSPS) is 18.6. The van der Waals surface area contributed by atoms with E-state index in [9.17, 15) is 14.4 Å². The zero-order chi connectivity index (χ0) is 19.8. The molecular weight excluding hydrogens is 356 g/mol. The Labute approximate surface area is 163 Å². The molecule has 1 atom stereocenters. The van der Waals surface area contributed by atoms with E-state index in [0.717, 1.165) is 16.7 Å². The van der Waals surface area contributed by atoms with Crippen LogP contribution in [0.15, 0.2) is 42.5 Å². The minimum atomic E-state index is -0.692. The van der Waals surface area contributed by atoms with Crippen molar-refractivity contribution in [2.45, 2.75) is 25.9 Å². The Kier molecular flexibility index (Phi) is 4.50. The summed E-state index contributed by atoms with van der Waals surface area (Å²) in [6, 6.07) is 12.2. The summed E-state index contributed by atoms with van der Waals surface area (Å²) in [5, 5.41) is 2.77. The van der Waals surface area contributed by atoms with Gasteiger partial charge in [-0.25, -0.2) is 4.79 Å². The second kappa shape index (κ2) is 6.99. The molecule has 7 heteroatoms. The molecule has 4 rings (SSSR count). The number of rotatable bonds is 3. The largest absolute Gasteiger partial charge is 0.368 e. The maximum Gasteiger partial charge on any atom is 0.322 e. The predicted molar refractivity (Wildman–Crippen MR) is 105 cm³/mol. The Balaban J connectivity index is 1.68. The Bertz CT molecular complexity index is 972. The highest BCUT2D eigenvalue weighted by atomic mass is 16.2. The van der Waals surface area contributed by atoms with Crippen LogP contribution in [0.1, 0.15) is 27.0 Å². The number of hydrogen-bond donors (Lipinski definition) is 2. The number of urea groups is 1. The first-order valence-electron chi connectivity index (χ1n) is 9.29. The van der Waals surface area contributed by atoms with Crippen LogP contribution in [0.2, 0.25) is 0 Å². The number of primary amides is 1. The fraction of sp³-hybridized carbons (Fsp3) is 0.286. The van der Waals surface area contributed by atoms with E-state index in [1.165, 1.54) is 4.90 Å². The molecule has 1 saturated heterocycles. The molecule has 144 valence electrons. The molecule has 3 N–H and O–H groups in total. The molecule has 2 aliphatic rings. The molecule has 2 aromatic rings. The SMILES string of the molecule is Cc1ccc(C(=O)N2Cc3ccccc3CC2C(N)=O)cc1N1CCNC1=O. The summed E-state index contributed by atoms with van der Waals surface area (Å²) < 4.78 is 0. The van der Waals surface area contributed by atoms with E-state index in [0.29, 0.717) is 37.3 Å². The van der Waals surface area contributed by atoms with Gasteiger partial charge in [-0.2, -0.15) is 0 Å². The summed E-state index contributed by atoms with van der Waals surface area (Å²) in [4.78, 5) is 40.5. The smallest absolute Gasteiger partial charge is 0.322 e. The first kappa shape index (κ1) is 18.0. The Hall–Kier alpha value is -3.35. The van der Waals surface area contributed by atoms with Crippen LogP contribution in [0, 0.1) is 6.92 Å². The van der Waals surface area contributed by atoms with E-state index >= 15 is 0 Å². The molecule has 1 fully saturated rings. The lowest BCUT2D eigenvalue weighted by molar-refractivity contribution is -0.122. The molecule has 7 nitrogen and oxygen atoms in total. The van der Waals surface area contributed by atoms with Gasteiger partial charge in [-0.05, 0) is 35.7 Å². The third kappa shape index (κ3) is 3.09. The number of hydrogen-bond acceptors (Lipinski definition) is 3. The molecule has 0 aromatic heterocycles. The van der Waals surface area contributed by atoms with Gasteiger partial charge in [-0.1, -0.05) is 30.3 Å². The second-order valence-electron chi connectivity index (χ2n) is 7.21. The molecule has 0 aliphatic carbocycles. The molecule has 28 heavy (non-hydrogen) atoms. The van der Waals surface area contributed by atoms with Crippen molar-refractivity contribution >= 4 is 23.5 Å². The molecule has 2 heterocycles. The summed E-state index contributed by atoms with van der Waals surface area (Å²) in [5.74, 6) is -0.784. The van der Waals surface area contributed by atoms with Gasteiger partial charge in [0.15, 0.2) is 0 Å². The number of carbonyl (C=O) groups is 3. The minimum Gasteiger partial charge on any atom is -0.368 e. The van der Waals surface area contributed by atoms with Crippen LogP contribution in [0.3, 0.4) is 0 Å². The molecule has 0 saturated carbocycles. The zero-order valence-corrected chi connectivity index (χ0v) is 15.6. The van der Waals surface area contributed by atoms with E-state index in [1.807, 2.05) is 37.3 Å². The minimum absolute atomic E-state index is 0.172. The Morgan fingerprint density at radius 3 is 2.57 bits per heavy atom. The van der Waals surface area contributed by atoms with Crippen molar-refractivity contribution in [2.75, 3.05) is 18.0 Å². The molecule has 0 radical (unpaired) electrons. The van der Waals surface area contributed by atoms with E-state index in [2.05, 4.69) is 5.32 Å². The number of amides is 4. The molecule has 0 spiro atoms. The number of anilines is 1. The standard InChI is InChI=1S/C21H22N4O3/c1-13-6-7-15(11-17(13)24-9-8-23-21(24)28)20(27)25-12-16-5-3-2-4-14(16)10-18(25)19(22)26/h2-7,11,18H,8-10,12H2,1H3,(H2,22,26)(H,23,28). The van der Waals surface area contributed by atoms with E-state index < -0.39 is 11.9 Å². The van der Waals surface area contributed by atoms with Crippen molar-refractivity contribution in [3.63, 3.8) is 0 Å². The second-order valence-corrected chi connectivity index (χ2v) is 7.21. The first-order valence-corrected chi connectivity index (χ1v) is 9.29. The molecule has 4 amide bonds. The number of nitrogens with two attached hydrogens (primary N) is 1. The third-order valence-electron chi connectivity index (χ3n) is 5.44. The number of aryl methyl sites for hydroxylation is 1. The van der Waals surface area contributed by atoms with Crippen LogP contribution in [-0.2, 0) is 17.8 Å². The first-order chi connectivity index (χ1) is 13.5. The van der Waals surface area contributed by atoms with Gasteiger partial charge in [-0.15, -0.1) is 0 Å². The van der Waals surface area contributed by atoms with E-state index in [1.54, 1.807) is 17.0 Å². The third-order valence-corrected chi connectivity index (χ3v) is 5.44. The average Bonchev–Trinajstić information content (AvgIpc) is 3.12. The lowest BCUT2D eigenvalue weighted by atomic mass is 9.93. The van der Waals surface area contributed by atoms with E-state index in [4.69, 9.17) is 5.73 Å². The van der Waals surface area contributed by atoms with Crippen molar-refractivity contribution in [3.8, 4) is 0 Å². The molecular formula is C21H22N4O3. The summed E-state index contributed by atoms with van der Waals surface area (Å²) in [6.07, 6.45) is 0.407. The zero-order valence-electron chi connectivity index (χ0n) is 15.6. The number of benzene rings is 2. The monoisotopic (exact) mass is 378 g/mol. The lowest BCUT2D eigenvalue weighted by Gasteiger charge is -2.35. The van der Waals surface area contributed by atoms with Gasteiger partial charge in [0.05, 0.1) is 0 Å². The predicted octanol–water partition coefficient (Wildman–Crippen LogP) is 1.58. The molecule has 2 aliphatic heterocycles. The van der Waals surface area contributed by atoms with Gasteiger partial charge in [0, 0.05) is 37.3 Å². The van der Waals surface area contributed by atoms with Crippen molar-refractivity contribution in [1.29, 1.82) is 0 Å². The fourth-order valence-corrected chi connectivity index (χ4v) is 3.89. The summed E-state index contributed by atoms with van der Waals surface area (Å²) >= 11 is 0. The van der Waals surface area contributed by atoms with Gasteiger partial charge in [0.1, 0.15) is 6.04 Å². The number of nitrogens with zero attached hydrogens (tertiary/aromatic N) is 2. The van der Waals surface area contributed by atoms with Crippen molar-refractivity contribution < 1.29 is 14.4 Å². The number of carbonyl (C=O) groups excluding carboxylic acids is 3. The summed E-state index contributed by atoms with van der Waals surface area (Å²) in [6.45, 7) is 3.36. The van der Waals surface area contributed by atoms with Crippen molar-refractivity contribution in [3.05, 3.63) is 64.7 Å². The van der Waals surface area contributed by atoms with Crippen molar-refractivity contribution in [2.24, 2.45) is 5.73 Å². The quantitative estimate of drug-likeness (QED) is 0.849. The maximum absolute atomic E-state index is 13.3. The molecule has 2 aromatic carbocycles. The van der Waals surface area contributed by atoms with Gasteiger partial charge >= 0.3 is 6.03 Å². The topological polar surface area (TPSA) is 95.7 Å². The van der Waals surface area contributed by atoms with Gasteiger partial charge in [0.2, 0.25) is 5.91 Å². The fourth-order valence-electron chi connectivity index (χ4n) is 3.89. The van der Waals surface area contributed by atoms with Crippen LogP contribution in [0.4, 0.5) is 10.5 Å². The molecule has 0 bridgehead atoms. The van der Waals surface area contributed by atoms with Crippen LogP contribution < -0.4 is 16.0 Å². The lowest BCUT2D eigenvalue weighted by Crippen LogP contribution is -2.51. The Morgan fingerprint density at radius 1 is 1.14 bits per heavy atom. The van der Waals surface area contributed by atoms with Gasteiger partial charge < -0.3 is 16.0 Å². The van der Waals surface area contributed by atoms with Crippen LogP contribution in [0.5, 0.6) is 0 Å². The van der Waals surface area contributed by atoms with Crippen LogP contribution in [-0.4, -0.2) is 41.9 Å². The van der Waals surface area contributed by atoms with Gasteiger partial charge in [0.25, 0.3) is 5.91 Å². The van der Waals surface area contributed by atoms with Crippen LogP contribution >= 0.6 is 0 Å². The summed E-state index contributed by atoms with van der Waals surface area (Å²) in [7, 11) is 0. The number of nitrogens with one attached hydrogen (secondary N) is 1. The Morgan fingerprint density at radius 2 is 1.89 bits per heavy atom. The maximum atomic E-state index is 13.3. The average molecular weight is 378 g/mol. The van der Waals surface area contributed by atoms with Gasteiger partial charge in [-0.3, -0.25) is 14.5 Å². The molecule has 1 unspecified atom stereocenters. The highest BCUT2D eigenvalue weighted by Crippen LogP contribution is 2.28. The highest BCUT2D eigenvalue weighted by Gasteiger charge is 2.34. The van der Waals surface area contributed by atoms with Crippen LogP contribution in [0.25, 0.3) is 0 Å².